The number of rotatable bonds is 4. The van der Waals surface area contributed by atoms with Gasteiger partial charge in [-0.2, -0.15) is 0 Å². The average molecular weight is 260 g/mol. The van der Waals surface area contributed by atoms with Crippen molar-refractivity contribution in [1.29, 1.82) is 0 Å². The second-order valence-electron chi connectivity index (χ2n) is 2.92. The van der Waals surface area contributed by atoms with Crippen LogP contribution in [0.4, 0.5) is 0 Å². The van der Waals surface area contributed by atoms with Crippen molar-refractivity contribution in [1.82, 2.24) is 5.32 Å². The third kappa shape index (κ3) is 2.47. The quantitative estimate of drug-likeness (QED) is 0.866. The van der Waals surface area contributed by atoms with Crippen molar-refractivity contribution < 1.29 is 9.84 Å². The Labute approximate surface area is 92.2 Å². The highest BCUT2D eigenvalue weighted by molar-refractivity contribution is 9.10. The molecule has 1 aromatic rings. The van der Waals surface area contributed by atoms with E-state index in [0.717, 1.165) is 15.8 Å². The lowest BCUT2D eigenvalue weighted by Gasteiger charge is -2.14. The van der Waals surface area contributed by atoms with Crippen LogP contribution in [0.2, 0.25) is 0 Å². The largest absolute Gasteiger partial charge is 0.496 e. The lowest BCUT2D eigenvalue weighted by molar-refractivity contribution is 0.251. The number of benzene rings is 1. The van der Waals surface area contributed by atoms with E-state index in [1.54, 1.807) is 7.11 Å². The van der Waals surface area contributed by atoms with E-state index < -0.39 is 0 Å². The number of hydrogen-bond acceptors (Lipinski definition) is 3. The first kappa shape index (κ1) is 11.5. The highest BCUT2D eigenvalue weighted by Gasteiger charge is 2.09. The molecule has 0 spiro atoms. The fourth-order valence-corrected chi connectivity index (χ4v) is 1.82. The van der Waals surface area contributed by atoms with E-state index in [2.05, 4.69) is 21.2 Å². The zero-order chi connectivity index (χ0) is 10.6. The number of halogens is 1. The van der Waals surface area contributed by atoms with Gasteiger partial charge >= 0.3 is 0 Å². The van der Waals surface area contributed by atoms with E-state index in [9.17, 15) is 0 Å². The first-order valence-corrected chi connectivity index (χ1v) is 5.13. The maximum absolute atomic E-state index is 9.09. The number of hydrogen-bond donors (Lipinski definition) is 2. The van der Waals surface area contributed by atoms with Crippen molar-refractivity contribution >= 4 is 15.9 Å². The van der Waals surface area contributed by atoms with Crippen molar-refractivity contribution in [2.75, 3.05) is 20.8 Å². The van der Waals surface area contributed by atoms with E-state index in [4.69, 9.17) is 9.84 Å². The summed E-state index contributed by atoms with van der Waals surface area (Å²) in [6, 6.07) is 5.72. The molecule has 2 N–H and O–H groups in total. The van der Waals surface area contributed by atoms with Gasteiger partial charge < -0.3 is 15.2 Å². The van der Waals surface area contributed by atoms with Gasteiger partial charge in [0.1, 0.15) is 5.75 Å². The molecule has 0 aromatic heterocycles. The third-order valence-electron chi connectivity index (χ3n) is 2.11. The molecule has 0 saturated carbocycles. The molecular formula is C10H14BrNO2. The predicted octanol–water partition coefficient (Wildman–Crippen LogP) is 1.71. The van der Waals surface area contributed by atoms with E-state index in [0.29, 0.717) is 0 Å². The molecule has 0 bridgehead atoms. The van der Waals surface area contributed by atoms with E-state index in [-0.39, 0.29) is 12.6 Å². The Morgan fingerprint density at radius 3 is 2.71 bits per heavy atom. The van der Waals surface area contributed by atoms with Gasteiger partial charge in [-0.1, -0.05) is 6.07 Å². The summed E-state index contributed by atoms with van der Waals surface area (Å²) >= 11 is 3.40. The molecule has 14 heavy (non-hydrogen) atoms. The van der Waals surface area contributed by atoms with Crippen LogP contribution in [0, 0.1) is 0 Å². The van der Waals surface area contributed by atoms with Gasteiger partial charge in [0.05, 0.1) is 24.2 Å². The number of aliphatic hydroxyl groups is 1. The van der Waals surface area contributed by atoms with Crippen LogP contribution in [0.3, 0.4) is 0 Å². The standard InChI is InChI=1S/C10H14BrNO2/c1-12-9(6-13)7-3-4-10(14-2)8(11)5-7/h3-5,9,12-13H,6H2,1-2H3/t9-/m0/s1. The molecule has 0 saturated heterocycles. The van der Waals surface area contributed by atoms with Crippen molar-refractivity contribution in [2.45, 2.75) is 6.04 Å². The number of aliphatic hydroxyl groups excluding tert-OH is 1. The number of methoxy groups -OCH3 is 1. The van der Waals surface area contributed by atoms with Gasteiger partial charge in [-0.25, -0.2) is 0 Å². The van der Waals surface area contributed by atoms with E-state index in [1.807, 2.05) is 25.2 Å². The minimum Gasteiger partial charge on any atom is -0.496 e. The lowest BCUT2D eigenvalue weighted by Crippen LogP contribution is -2.19. The van der Waals surface area contributed by atoms with Gasteiger partial charge in [0.25, 0.3) is 0 Å². The molecule has 78 valence electrons. The van der Waals surface area contributed by atoms with Crippen LogP contribution in [-0.4, -0.2) is 25.9 Å². The van der Waals surface area contributed by atoms with Gasteiger partial charge in [-0.15, -0.1) is 0 Å². The topological polar surface area (TPSA) is 41.5 Å². The van der Waals surface area contributed by atoms with Crippen molar-refractivity contribution in [3.8, 4) is 5.75 Å². The minimum absolute atomic E-state index is 0.0304. The van der Waals surface area contributed by atoms with Crippen LogP contribution in [-0.2, 0) is 0 Å². The van der Waals surface area contributed by atoms with Crippen molar-refractivity contribution in [2.24, 2.45) is 0 Å². The zero-order valence-corrected chi connectivity index (χ0v) is 9.84. The molecule has 0 unspecified atom stereocenters. The third-order valence-corrected chi connectivity index (χ3v) is 2.73. The van der Waals surface area contributed by atoms with Crippen molar-refractivity contribution in [3.63, 3.8) is 0 Å². The Morgan fingerprint density at radius 1 is 1.57 bits per heavy atom. The summed E-state index contributed by atoms with van der Waals surface area (Å²) in [7, 11) is 3.44. The Bertz CT molecular complexity index is 300. The predicted molar refractivity (Wildman–Crippen MR) is 59.6 cm³/mol. The Hall–Kier alpha value is -0.580. The van der Waals surface area contributed by atoms with Gasteiger partial charge in [0.15, 0.2) is 0 Å². The number of likely N-dealkylation sites (N-methyl/N-ethyl adjacent to an activating group) is 1. The molecule has 0 fully saturated rings. The maximum atomic E-state index is 9.09. The summed E-state index contributed by atoms with van der Waals surface area (Å²) in [5.41, 5.74) is 1.03. The molecule has 1 atom stereocenters. The highest BCUT2D eigenvalue weighted by Crippen LogP contribution is 2.27. The highest BCUT2D eigenvalue weighted by atomic mass is 79.9. The molecule has 0 amide bonds. The first-order chi connectivity index (χ1) is 6.72. The zero-order valence-electron chi connectivity index (χ0n) is 8.25. The maximum Gasteiger partial charge on any atom is 0.133 e. The number of nitrogens with one attached hydrogen (secondary N) is 1. The summed E-state index contributed by atoms with van der Waals surface area (Å²) in [6.07, 6.45) is 0. The van der Waals surface area contributed by atoms with Gasteiger partial charge in [0, 0.05) is 0 Å². The summed E-state index contributed by atoms with van der Waals surface area (Å²) in [6.45, 7) is 0.0786. The van der Waals surface area contributed by atoms with E-state index >= 15 is 0 Å². The molecule has 0 heterocycles. The average Bonchev–Trinajstić information content (AvgIpc) is 2.20. The summed E-state index contributed by atoms with van der Waals surface area (Å²) in [5, 5.41) is 12.1. The van der Waals surface area contributed by atoms with Crippen LogP contribution in [0.1, 0.15) is 11.6 Å². The number of ether oxygens (including phenoxy) is 1. The van der Waals surface area contributed by atoms with Gasteiger partial charge in [0.2, 0.25) is 0 Å². The van der Waals surface area contributed by atoms with Crippen LogP contribution in [0.5, 0.6) is 5.75 Å². The SMILES string of the molecule is CN[C@@H](CO)c1ccc(OC)c(Br)c1. The molecule has 4 heteroatoms. The molecule has 0 aliphatic rings. The van der Waals surface area contributed by atoms with Gasteiger partial charge in [-0.05, 0) is 40.7 Å². The first-order valence-electron chi connectivity index (χ1n) is 4.34. The van der Waals surface area contributed by atoms with Crippen LogP contribution < -0.4 is 10.1 Å². The normalized spacial score (nSPS) is 12.6. The second-order valence-corrected chi connectivity index (χ2v) is 3.77. The van der Waals surface area contributed by atoms with E-state index in [1.165, 1.54) is 0 Å². The molecule has 0 aliphatic heterocycles. The summed E-state index contributed by atoms with van der Waals surface area (Å²) in [5.74, 6) is 0.793. The fraction of sp³-hybridized carbons (Fsp3) is 0.400. The molecule has 0 aliphatic carbocycles. The molecule has 0 radical (unpaired) electrons. The Morgan fingerprint density at radius 2 is 2.29 bits per heavy atom. The molecule has 1 aromatic carbocycles. The van der Waals surface area contributed by atoms with Crippen LogP contribution in [0.25, 0.3) is 0 Å². The summed E-state index contributed by atoms with van der Waals surface area (Å²) < 4.78 is 6.01. The Kier molecular flexibility index (Phi) is 4.38. The van der Waals surface area contributed by atoms with Gasteiger partial charge in [-0.3, -0.25) is 0 Å². The van der Waals surface area contributed by atoms with Crippen LogP contribution >= 0.6 is 15.9 Å². The molecule has 3 nitrogen and oxygen atoms in total. The minimum atomic E-state index is -0.0304. The fourth-order valence-electron chi connectivity index (χ4n) is 1.26. The molecule has 1 rings (SSSR count). The smallest absolute Gasteiger partial charge is 0.133 e. The second kappa shape index (κ2) is 5.34. The van der Waals surface area contributed by atoms with Crippen molar-refractivity contribution in [3.05, 3.63) is 28.2 Å². The van der Waals surface area contributed by atoms with Crippen LogP contribution in [0.15, 0.2) is 22.7 Å². The summed E-state index contributed by atoms with van der Waals surface area (Å²) in [4.78, 5) is 0. The lowest BCUT2D eigenvalue weighted by atomic mass is 10.1. The molecular weight excluding hydrogens is 246 g/mol. The monoisotopic (exact) mass is 259 g/mol. The Balaban J connectivity index is 2.95.